The highest BCUT2D eigenvalue weighted by Gasteiger charge is 2.05. The summed E-state index contributed by atoms with van der Waals surface area (Å²) in [6.07, 6.45) is 1.58. The number of aromatic amines is 1. The van der Waals surface area contributed by atoms with Crippen LogP contribution in [0.1, 0.15) is 0 Å². The SMILES string of the molecule is Nc1c(N)c2cccnc2[nH]c1=O. The van der Waals surface area contributed by atoms with Gasteiger partial charge in [0.1, 0.15) is 11.3 Å². The summed E-state index contributed by atoms with van der Waals surface area (Å²) in [7, 11) is 0. The van der Waals surface area contributed by atoms with E-state index < -0.39 is 5.56 Å². The predicted octanol–water partition coefficient (Wildman–Crippen LogP) is 0.0875. The number of nitrogens with two attached hydrogens (primary N) is 2. The van der Waals surface area contributed by atoms with Gasteiger partial charge in [-0.2, -0.15) is 0 Å². The Balaban J connectivity index is 3.02. The number of hydrogen-bond donors (Lipinski definition) is 3. The van der Waals surface area contributed by atoms with E-state index in [9.17, 15) is 4.79 Å². The van der Waals surface area contributed by atoms with Crippen LogP contribution in [-0.4, -0.2) is 9.97 Å². The van der Waals surface area contributed by atoms with Crippen molar-refractivity contribution in [3.05, 3.63) is 28.7 Å². The number of pyridine rings is 2. The Bertz CT molecular complexity index is 517. The fourth-order valence-electron chi connectivity index (χ4n) is 1.16. The molecule has 0 fully saturated rings. The van der Waals surface area contributed by atoms with Gasteiger partial charge < -0.3 is 16.5 Å². The molecule has 5 heteroatoms. The van der Waals surface area contributed by atoms with Gasteiger partial charge in [-0.1, -0.05) is 0 Å². The van der Waals surface area contributed by atoms with Crippen molar-refractivity contribution >= 4 is 22.4 Å². The fourth-order valence-corrected chi connectivity index (χ4v) is 1.16. The third-order valence-electron chi connectivity index (χ3n) is 1.86. The van der Waals surface area contributed by atoms with E-state index >= 15 is 0 Å². The monoisotopic (exact) mass is 176 g/mol. The first kappa shape index (κ1) is 7.60. The second-order valence-electron chi connectivity index (χ2n) is 2.68. The van der Waals surface area contributed by atoms with Crippen molar-refractivity contribution in [2.75, 3.05) is 11.5 Å². The Morgan fingerprint density at radius 1 is 1.31 bits per heavy atom. The molecule has 0 spiro atoms. The first-order chi connectivity index (χ1) is 6.20. The summed E-state index contributed by atoms with van der Waals surface area (Å²) in [5.41, 5.74) is 11.5. The molecule has 5 N–H and O–H groups in total. The average Bonchev–Trinajstić information content (AvgIpc) is 2.15. The van der Waals surface area contributed by atoms with Crippen molar-refractivity contribution in [2.45, 2.75) is 0 Å². The number of aromatic nitrogens is 2. The second-order valence-corrected chi connectivity index (χ2v) is 2.68. The molecular weight excluding hydrogens is 168 g/mol. The third kappa shape index (κ3) is 1.01. The number of H-pyrrole nitrogens is 1. The van der Waals surface area contributed by atoms with Gasteiger partial charge in [-0.25, -0.2) is 4.98 Å². The molecule has 0 saturated heterocycles. The molecule has 2 rings (SSSR count). The zero-order valence-corrected chi connectivity index (χ0v) is 6.74. The summed E-state index contributed by atoms with van der Waals surface area (Å²) >= 11 is 0. The Morgan fingerprint density at radius 3 is 2.85 bits per heavy atom. The van der Waals surface area contributed by atoms with Gasteiger partial charge in [0, 0.05) is 11.6 Å². The van der Waals surface area contributed by atoms with E-state index in [0.29, 0.717) is 11.0 Å². The summed E-state index contributed by atoms with van der Waals surface area (Å²) < 4.78 is 0. The Hall–Kier alpha value is -2.04. The first-order valence-corrected chi connectivity index (χ1v) is 3.72. The second kappa shape index (κ2) is 2.48. The van der Waals surface area contributed by atoms with Crippen molar-refractivity contribution in [3.63, 3.8) is 0 Å². The zero-order valence-electron chi connectivity index (χ0n) is 6.74. The van der Waals surface area contributed by atoms with Crippen LogP contribution in [0, 0.1) is 0 Å². The number of nitrogen functional groups attached to an aromatic ring is 2. The van der Waals surface area contributed by atoms with Crippen LogP contribution in [0.2, 0.25) is 0 Å². The van der Waals surface area contributed by atoms with Gasteiger partial charge in [-0.15, -0.1) is 0 Å². The van der Waals surface area contributed by atoms with E-state index in [1.54, 1.807) is 18.3 Å². The summed E-state index contributed by atoms with van der Waals surface area (Å²) in [5, 5.41) is 0.666. The van der Waals surface area contributed by atoms with E-state index in [2.05, 4.69) is 9.97 Å². The highest BCUT2D eigenvalue weighted by atomic mass is 16.1. The standard InChI is InChI=1S/C8H8N4O/c9-5-4-2-1-3-11-7(4)12-8(13)6(5)10/h1-3H,10H2,(H3,9,11,12,13). The number of hydrogen-bond acceptors (Lipinski definition) is 4. The number of nitrogens with zero attached hydrogens (tertiary/aromatic N) is 1. The van der Waals surface area contributed by atoms with Crippen LogP contribution < -0.4 is 17.0 Å². The molecule has 2 aromatic rings. The van der Waals surface area contributed by atoms with Gasteiger partial charge >= 0.3 is 0 Å². The topological polar surface area (TPSA) is 97.8 Å². The van der Waals surface area contributed by atoms with Gasteiger partial charge in [0.2, 0.25) is 0 Å². The molecule has 0 radical (unpaired) electrons. The maximum Gasteiger partial charge on any atom is 0.274 e. The molecule has 0 aromatic carbocycles. The molecule has 13 heavy (non-hydrogen) atoms. The molecule has 5 nitrogen and oxygen atoms in total. The molecule has 0 aliphatic rings. The maximum absolute atomic E-state index is 11.2. The van der Waals surface area contributed by atoms with Crippen LogP contribution in [0.15, 0.2) is 23.1 Å². The lowest BCUT2D eigenvalue weighted by atomic mass is 10.2. The van der Waals surface area contributed by atoms with E-state index in [1.165, 1.54) is 0 Å². The average molecular weight is 176 g/mol. The summed E-state index contributed by atoms with van der Waals surface area (Å²) in [5.74, 6) is 0. The minimum atomic E-state index is -0.399. The first-order valence-electron chi connectivity index (χ1n) is 3.72. The quantitative estimate of drug-likeness (QED) is 0.529. The van der Waals surface area contributed by atoms with Gasteiger partial charge in [-0.3, -0.25) is 4.79 Å². The molecule has 2 aromatic heterocycles. The minimum absolute atomic E-state index is 0.0421. The molecular formula is C8H8N4O. The van der Waals surface area contributed by atoms with Gasteiger partial charge in [0.05, 0.1) is 5.69 Å². The molecule has 0 unspecified atom stereocenters. The van der Waals surface area contributed by atoms with Crippen molar-refractivity contribution in [1.29, 1.82) is 0 Å². The van der Waals surface area contributed by atoms with Crippen LogP contribution in [0.4, 0.5) is 11.4 Å². The summed E-state index contributed by atoms with van der Waals surface area (Å²) in [4.78, 5) is 17.6. The van der Waals surface area contributed by atoms with Crippen molar-refractivity contribution < 1.29 is 0 Å². The summed E-state index contributed by atoms with van der Waals surface area (Å²) in [6, 6.07) is 3.49. The van der Waals surface area contributed by atoms with E-state index in [0.717, 1.165) is 0 Å². The molecule has 0 atom stereocenters. The van der Waals surface area contributed by atoms with Crippen LogP contribution >= 0.6 is 0 Å². The number of anilines is 2. The lowest BCUT2D eigenvalue weighted by Gasteiger charge is -2.02. The van der Waals surface area contributed by atoms with Crippen LogP contribution in [0.25, 0.3) is 11.0 Å². The van der Waals surface area contributed by atoms with Gasteiger partial charge in [-0.05, 0) is 12.1 Å². The molecule has 0 saturated carbocycles. The fraction of sp³-hybridized carbons (Fsp3) is 0. The zero-order chi connectivity index (χ0) is 9.42. The largest absolute Gasteiger partial charge is 0.396 e. The Kier molecular flexibility index (Phi) is 1.45. The normalized spacial score (nSPS) is 10.5. The molecule has 2 heterocycles. The molecule has 0 aliphatic carbocycles. The lowest BCUT2D eigenvalue weighted by molar-refractivity contribution is 1.24. The van der Waals surface area contributed by atoms with Gasteiger partial charge in [0.25, 0.3) is 5.56 Å². The maximum atomic E-state index is 11.2. The molecule has 66 valence electrons. The van der Waals surface area contributed by atoms with E-state index in [-0.39, 0.29) is 11.4 Å². The highest BCUT2D eigenvalue weighted by Crippen LogP contribution is 2.19. The molecule has 0 aliphatic heterocycles. The molecule has 0 bridgehead atoms. The van der Waals surface area contributed by atoms with Crippen LogP contribution in [-0.2, 0) is 0 Å². The molecule has 0 amide bonds. The van der Waals surface area contributed by atoms with E-state index in [1.807, 2.05) is 0 Å². The Labute approximate surface area is 73.4 Å². The minimum Gasteiger partial charge on any atom is -0.396 e. The van der Waals surface area contributed by atoms with Crippen molar-refractivity contribution in [2.24, 2.45) is 0 Å². The Morgan fingerprint density at radius 2 is 2.08 bits per heavy atom. The lowest BCUT2D eigenvalue weighted by Crippen LogP contribution is -2.14. The van der Waals surface area contributed by atoms with Crippen molar-refractivity contribution in [3.8, 4) is 0 Å². The summed E-state index contributed by atoms with van der Waals surface area (Å²) in [6.45, 7) is 0. The third-order valence-corrected chi connectivity index (χ3v) is 1.86. The van der Waals surface area contributed by atoms with Gasteiger partial charge in [0.15, 0.2) is 0 Å². The number of fused-ring (bicyclic) bond motifs is 1. The smallest absolute Gasteiger partial charge is 0.274 e. The van der Waals surface area contributed by atoms with Crippen LogP contribution in [0.5, 0.6) is 0 Å². The van der Waals surface area contributed by atoms with Crippen molar-refractivity contribution in [1.82, 2.24) is 9.97 Å². The number of rotatable bonds is 0. The highest BCUT2D eigenvalue weighted by molar-refractivity contribution is 5.93. The van der Waals surface area contributed by atoms with Crippen LogP contribution in [0.3, 0.4) is 0 Å². The number of nitrogens with one attached hydrogen (secondary N) is 1. The predicted molar refractivity (Wildman–Crippen MR) is 51.2 cm³/mol. The van der Waals surface area contributed by atoms with E-state index in [4.69, 9.17) is 11.5 Å².